The molecule has 1 saturated heterocycles. The number of nitrogens with zero attached hydrogens (tertiary/aromatic N) is 1. The van der Waals surface area contributed by atoms with Gasteiger partial charge in [0.05, 0.1) is 0 Å². The summed E-state index contributed by atoms with van der Waals surface area (Å²) in [6.07, 6.45) is 8.60. The van der Waals surface area contributed by atoms with E-state index in [4.69, 9.17) is 0 Å². The van der Waals surface area contributed by atoms with E-state index in [1.54, 1.807) is 0 Å². The zero-order valence-electron chi connectivity index (χ0n) is 8.68. The molecule has 0 aromatic rings. The molecule has 1 fully saturated rings. The predicted molar refractivity (Wildman–Crippen MR) is 54.4 cm³/mol. The lowest BCUT2D eigenvalue weighted by molar-refractivity contribution is 0.324. The fourth-order valence-electron chi connectivity index (χ4n) is 2.13. The van der Waals surface area contributed by atoms with Crippen LogP contribution in [0.1, 0.15) is 45.4 Å². The van der Waals surface area contributed by atoms with Crippen molar-refractivity contribution in [2.24, 2.45) is 5.92 Å². The van der Waals surface area contributed by atoms with Crippen LogP contribution in [0.3, 0.4) is 0 Å². The third kappa shape index (κ3) is 3.57. The summed E-state index contributed by atoms with van der Waals surface area (Å²) >= 11 is 0. The van der Waals surface area contributed by atoms with E-state index >= 15 is 0 Å². The minimum absolute atomic E-state index is 1.02. The van der Waals surface area contributed by atoms with E-state index in [2.05, 4.69) is 18.9 Å². The SMILES string of the molecule is CC[C@@H]1CCCCN(C)CCC1. The minimum atomic E-state index is 1.02. The van der Waals surface area contributed by atoms with Crippen LogP contribution in [-0.4, -0.2) is 25.0 Å². The lowest BCUT2D eigenvalue weighted by Gasteiger charge is -2.14. The molecule has 1 rings (SSSR count). The molecule has 0 aromatic heterocycles. The Morgan fingerprint density at radius 2 is 1.75 bits per heavy atom. The Bertz CT molecular complexity index is 112. The first-order valence-electron chi connectivity index (χ1n) is 5.51. The van der Waals surface area contributed by atoms with E-state index in [1.165, 1.54) is 51.6 Å². The van der Waals surface area contributed by atoms with Gasteiger partial charge < -0.3 is 4.90 Å². The highest BCUT2D eigenvalue weighted by Gasteiger charge is 2.09. The van der Waals surface area contributed by atoms with Gasteiger partial charge in [0, 0.05) is 0 Å². The molecule has 0 N–H and O–H groups in total. The van der Waals surface area contributed by atoms with Crippen LogP contribution in [0.25, 0.3) is 0 Å². The van der Waals surface area contributed by atoms with Crippen LogP contribution in [0, 0.1) is 5.92 Å². The molecule has 1 nitrogen and oxygen atoms in total. The van der Waals surface area contributed by atoms with Crippen molar-refractivity contribution in [2.45, 2.75) is 45.4 Å². The molecule has 1 aliphatic heterocycles. The zero-order chi connectivity index (χ0) is 8.81. The van der Waals surface area contributed by atoms with E-state index in [9.17, 15) is 0 Å². The van der Waals surface area contributed by atoms with E-state index in [0.29, 0.717) is 0 Å². The quantitative estimate of drug-likeness (QED) is 0.583. The maximum atomic E-state index is 2.48. The van der Waals surface area contributed by atoms with Gasteiger partial charge in [0.1, 0.15) is 0 Å². The average molecular weight is 169 g/mol. The molecular weight excluding hydrogens is 146 g/mol. The molecule has 1 atom stereocenters. The molecule has 1 heterocycles. The van der Waals surface area contributed by atoms with Crippen molar-refractivity contribution >= 4 is 0 Å². The zero-order valence-corrected chi connectivity index (χ0v) is 8.68. The van der Waals surface area contributed by atoms with Crippen LogP contribution < -0.4 is 0 Å². The van der Waals surface area contributed by atoms with Gasteiger partial charge in [-0.2, -0.15) is 0 Å². The van der Waals surface area contributed by atoms with Crippen LogP contribution in [0.2, 0.25) is 0 Å². The van der Waals surface area contributed by atoms with Crippen LogP contribution >= 0.6 is 0 Å². The van der Waals surface area contributed by atoms with Crippen LogP contribution in [-0.2, 0) is 0 Å². The highest BCUT2D eigenvalue weighted by Crippen LogP contribution is 2.20. The van der Waals surface area contributed by atoms with Gasteiger partial charge in [0.25, 0.3) is 0 Å². The third-order valence-electron chi connectivity index (χ3n) is 3.13. The van der Waals surface area contributed by atoms with Gasteiger partial charge in [-0.1, -0.05) is 26.2 Å². The summed E-state index contributed by atoms with van der Waals surface area (Å²) in [5.41, 5.74) is 0. The van der Waals surface area contributed by atoms with Crippen molar-refractivity contribution in [1.82, 2.24) is 4.90 Å². The van der Waals surface area contributed by atoms with Crippen molar-refractivity contribution in [3.8, 4) is 0 Å². The van der Waals surface area contributed by atoms with Crippen molar-refractivity contribution < 1.29 is 0 Å². The fourth-order valence-corrected chi connectivity index (χ4v) is 2.13. The normalized spacial score (nSPS) is 29.0. The predicted octanol–water partition coefficient (Wildman–Crippen LogP) is 2.91. The molecule has 0 amide bonds. The van der Waals surface area contributed by atoms with E-state index < -0.39 is 0 Å². The molecule has 72 valence electrons. The van der Waals surface area contributed by atoms with Gasteiger partial charge in [-0.25, -0.2) is 0 Å². The second-order valence-electron chi connectivity index (χ2n) is 4.22. The maximum Gasteiger partial charge on any atom is -0.00217 e. The standard InChI is InChI=1S/C11H23N/c1-3-11-7-4-5-9-12(2)10-6-8-11/h11H,3-10H2,1-2H3/t11-/m1/s1. The number of hydrogen-bond acceptors (Lipinski definition) is 1. The monoisotopic (exact) mass is 169 g/mol. The Labute approximate surface area is 77.1 Å². The summed E-state index contributed by atoms with van der Waals surface area (Å²) < 4.78 is 0. The maximum absolute atomic E-state index is 2.48. The van der Waals surface area contributed by atoms with Crippen molar-refractivity contribution in [1.29, 1.82) is 0 Å². The lowest BCUT2D eigenvalue weighted by atomic mass is 9.95. The molecule has 0 aromatic carbocycles. The smallest absolute Gasteiger partial charge is 0.00217 e. The molecule has 1 heteroatoms. The van der Waals surface area contributed by atoms with Crippen LogP contribution in [0.15, 0.2) is 0 Å². The van der Waals surface area contributed by atoms with E-state index in [-0.39, 0.29) is 0 Å². The Balaban J connectivity index is 2.26. The first-order chi connectivity index (χ1) is 5.83. The second-order valence-corrected chi connectivity index (χ2v) is 4.22. The molecule has 0 aliphatic carbocycles. The Kier molecular flexibility index (Phi) is 4.67. The Morgan fingerprint density at radius 3 is 2.50 bits per heavy atom. The van der Waals surface area contributed by atoms with Crippen LogP contribution in [0.4, 0.5) is 0 Å². The third-order valence-corrected chi connectivity index (χ3v) is 3.13. The number of hydrogen-bond donors (Lipinski definition) is 0. The lowest BCUT2D eigenvalue weighted by Crippen LogP contribution is -2.20. The van der Waals surface area contributed by atoms with E-state index in [0.717, 1.165) is 5.92 Å². The van der Waals surface area contributed by atoms with Gasteiger partial charge in [-0.05, 0) is 45.3 Å². The first kappa shape index (κ1) is 10.0. The molecule has 0 radical (unpaired) electrons. The second kappa shape index (κ2) is 5.58. The number of rotatable bonds is 1. The highest BCUT2D eigenvalue weighted by molar-refractivity contribution is 4.63. The molecule has 0 spiro atoms. The first-order valence-corrected chi connectivity index (χ1v) is 5.51. The van der Waals surface area contributed by atoms with Gasteiger partial charge in [-0.3, -0.25) is 0 Å². The van der Waals surface area contributed by atoms with Gasteiger partial charge in [0.15, 0.2) is 0 Å². The molecular formula is C11H23N. The van der Waals surface area contributed by atoms with Gasteiger partial charge in [-0.15, -0.1) is 0 Å². The summed E-state index contributed by atoms with van der Waals surface area (Å²) in [5, 5.41) is 0. The molecule has 1 aliphatic rings. The van der Waals surface area contributed by atoms with E-state index in [1.807, 2.05) is 0 Å². The Hall–Kier alpha value is -0.0400. The molecule has 12 heavy (non-hydrogen) atoms. The summed E-state index contributed by atoms with van der Waals surface area (Å²) in [4.78, 5) is 2.48. The fraction of sp³-hybridized carbons (Fsp3) is 1.00. The van der Waals surface area contributed by atoms with Gasteiger partial charge >= 0.3 is 0 Å². The topological polar surface area (TPSA) is 3.24 Å². The van der Waals surface area contributed by atoms with Crippen LogP contribution in [0.5, 0.6) is 0 Å². The highest BCUT2D eigenvalue weighted by atomic mass is 15.1. The average Bonchev–Trinajstić information content (AvgIpc) is 2.17. The van der Waals surface area contributed by atoms with Crippen molar-refractivity contribution in [3.63, 3.8) is 0 Å². The molecule has 0 unspecified atom stereocenters. The minimum Gasteiger partial charge on any atom is -0.306 e. The summed E-state index contributed by atoms with van der Waals surface area (Å²) in [7, 11) is 2.26. The summed E-state index contributed by atoms with van der Waals surface area (Å²) in [5.74, 6) is 1.02. The molecule has 0 saturated carbocycles. The molecule has 0 bridgehead atoms. The van der Waals surface area contributed by atoms with Crippen molar-refractivity contribution in [2.75, 3.05) is 20.1 Å². The largest absolute Gasteiger partial charge is 0.306 e. The summed E-state index contributed by atoms with van der Waals surface area (Å²) in [6.45, 7) is 4.97. The van der Waals surface area contributed by atoms with Gasteiger partial charge in [0.2, 0.25) is 0 Å². The van der Waals surface area contributed by atoms with Crippen molar-refractivity contribution in [3.05, 3.63) is 0 Å². The summed E-state index contributed by atoms with van der Waals surface area (Å²) in [6, 6.07) is 0. The Morgan fingerprint density at radius 1 is 1.08 bits per heavy atom.